The van der Waals surface area contributed by atoms with Gasteiger partial charge in [0.05, 0.1) is 12.9 Å². The molecule has 0 saturated carbocycles. The minimum absolute atomic E-state index is 0.0253. The second kappa shape index (κ2) is 7.74. The number of hydrogen-bond acceptors (Lipinski definition) is 3. The fraction of sp³-hybridized carbons (Fsp3) is 0.235. The van der Waals surface area contributed by atoms with Gasteiger partial charge in [-0.15, -0.1) is 11.8 Å². The number of thioether (sulfide) groups is 1. The molecule has 0 bridgehead atoms. The lowest BCUT2D eigenvalue weighted by Gasteiger charge is -2.06. The van der Waals surface area contributed by atoms with E-state index in [2.05, 4.69) is 5.32 Å². The molecule has 4 heteroatoms. The van der Waals surface area contributed by atoms with Gasteiger partial charge in [-0.25, -0.2) is 0 Å². The highest BCUT2D eigenvalue weighted by Gasteiger charge is 2.03. The van der Waals surface area contributed by atoms with Crippen molar-refractivity contribution < 1.29 is 9.53 Å². The van der Waals surface area contributed by atoms with Gasteiger partial charge in [0.25, 0.3) is 0 Å². The predicted octanol–water partition coefficient (Wildman–Crippen LogP) is 3.88. The molecule has 0 radical (unpaired) electrons. The summed E-state index contributed by atoms with van der Waals surface area (Å²) in [6.45, 7) is 2.02. The van der Waals surface area contributed by atoms with Crippen molar-refractivity contribution in [2.45, 2.75) is 12.7 Å². The van der Waals surface area contributed by atoms with Crippen molar-refractivity contribution in [2.75, 3.05) is 18.2 Å². The molecule has 0 aromatic heterocycles. The Bertz CT molecular complexity index is 579. The van der Waals surface area contributed by atoms with Crippen molar-refractivity contribution in [2.24, 2.45) is 0 Å². The number of anilines is 1. The number of benzene rings is 2. The van der Waals surface area contributed by atoms with Gasteiger partial charge in [0, 0.05) is 11.4 Å². The Labute approximate surface area is 129 Å². The molecule has 0 aliphatic carbocycles. The van der Waals surface area contributed by atoms with Gasteiger partial charge in [0.1, 0.15) is 5.75 Å². The first-order chi connectivity index (χ1) is 10.2. The Kier molecular flexibility index (Phi) is 5.69. The van der Waals surface area contributed by atoms with Crippen LogP contribution < -0.4 is 10.1 Å². The molecule has 1 amide bonds. The van der Waals surface area contributed by atoms with Gasteiger partial charge in [-0.1, -0.05) is 29.8 Å². The lowest BCUT2D eigenvalue weighted by atomic mass is 10.2. The van der Waals surface area contributed by atoms with Crippen molar-refractivity contribution in [3.8, 4) is 5.75 Å². The van der Waals surface area contributed by atoms with Crippen LogP contribution in [0.3, 0.4) is 0 Å². The van der Waals surface area contributed by atoms with E-state index in [9.17, 15) is 4.79 Å². The molecule has 3 nitrogen and oxygen atoms in total. The summed E-state index contributed by atoms with van der Waals surface area (Å²) in [6.07, 6.45) is 0. The summed E-state index contributed by atoms with van der Waals surface area (Å²) in [4.78, 5) is 11.8. The molecular weight excluding hydrogens is 282 g/mol. The van der Waals surface area contributed by atoms with Crippen LogP contribution in [0.4, 0.5) is 5.69 Å². The molecule has 110 valence electrons. The molecule has 2 rings (SSSR count). The van der Waals surface area contributed by atoms with Crippen molar-refractivity contribution in [1.29, 1.82) is 0 Å². The fourth-order valence-electron chi connectivity index (χ4n) is 1.82. The van der Waals surface area contributed by atoms with E-state index in [0.29, 0.717) is 5.75 Å². The maximum absolute atomic E-state index is 11.8. The lowest BCUT2D eigenvalue weighted by Crippen LogP contribution is -2.14. The Hall–Kier alpha value is -1.94. The van der Waals surface area contributed by atoms with Gasteiger partial charge in [0.15, 0.2) is 0 Å². The van der Waals surface area contributed by atoms with E-state index in [1.54, 1.807) is 18.9 Å². The summed E-state index contributed by atoms with van der Waals surface area (Å²) >= 11 is 1.60. The summed E-state index contributed by atoms with van der Waals surface area (Å²) in [5.74, 6) is 2.13. The van der Waals surface area contributed by atoms with Gasteiger partial charge in [0.2, 0.25) is 5.91 Å². The molecule has 0 unspecified atom stereocenters. The number of carbonyl (C=O) groups excluding carboxylic acids is 1. The Morgan fingerprint density at radius 2 is 1.76 bits per heavy atom. The number of carbonyl (C=O) groups is 1. The average Bonchev–Trinajstić information content (AvgIpc) is 2.50. The summed E-state index contributed by atoms with van der Waals surface area (Å²) in [5.41, 5.74) is 3.21. The number of aryl methyl sites for hydroxylation is 1. The van der Waals surface area contributed by atoms with E-state index >= 15 is 0 Å². The molecule has 1 N–H and O–H groups in total. The summed E-state index contributed by atoms with van der Waals surface area (Å²) in [7, 11) is 1.65. The van der Waals surface area contributed by atoms with E-state index < -0.39 is 0 Å². The van der Waals surface area contributed by atoms with E-state index in [1.165, 1.54) is 11.1 Å². The van der Waals surface area contributed by atoms with Crippen LogP contribution in [0.25, 0.3) is 0 Å². The van der Waals surface area contributed by atoms with Gasteiger partial charge in [-0.3, -0.25) is 4.79 Å². The van der Waals surface area contributed by atoms with Crippen molar-refractivity contribution in [3.63, 3.8) is 0 Å². The average molecular weight is 301 g/mol. The highest BCUT2D eigenvalue weighted by molar-refractivity contribution is 7.99. The summed E-state index contributed by atoms with van der Waals surface area (Å²) < 4.78 is 5.12. The second-order valence-electron chi connectivity index (χ2n) is 4.76. The highest BCUT2D eigenvalue weighted by atomic mass is 32.2. The zero-order valence-electron chi connectivity index (χ0n) is 12.3. The monoisotopic (exact) mass is 301 g/mol. The molecule has 2 aromatic rings. The van der Waals surface area contributed by atoms with Crippen LogP contribution in [0.5, 0.6) is 5.75 Å². The molecule has 0 heterocycles. The van der Waals surface area contributed by atoms with Crippen molar-refractivity contribution in [3.05, 3.63) is 59.7 Å². The fourth-order valence-corrected chi connectivity index (χ4v) is 2.61. The van der Waals surface area contributed by atoms with Crippen molar-refractivity contribution >= 4 is 23.4 Å². The number of methoxy groups -OCH3 is 1. The molecule has 0 aliphatic rings. The first-order valence-electron chi connectivity index (χ1n) is 6.74. The van der Waals surface area contributed by atoms with Crippen LogP contribution >= 0.6 is 11.8 Å². The third-order valence-corrected chi connectivity index (χ3v) is 4.00. The van der Waals surface area contributed by atoms with E-state index in [-0.39, 0.29) is 5.91 Å². The zero-order valence-corrected chi connectivity index (χ0v) is 13.1. The van der Waals surface area contributed by atoms with Gasteiger partial charge in [-0.05, 0) is 36.8 Å². The number of amides is 1. The molecule has 0 aliphatic heterocycles. The van der Waals surface area contributed by atoms with Crippen LogP contribution in [-0.2, 0) is 10.5 Å². The SMILES string of the molecule is COc1ccc(CSCC(=O)Nc2ccc(C)cc2)cc1. The normalized spacial score (nSPS) is 10.2. The molecule has 2 aromatic carbocycles. The van der Waals surface area contributed by atoms with E-state index in [1.807, 2.05) is 55.5 Å². The topological polar surface area (TPSA) is 38.3 Å². The second-order valence-corrected chi connectivity index (χ2v) is 5.74. The lowest BCUT2D eigenvalue weighted by molar-refractivity contribution is -0.113. The zero-order chi connectivity index (χ0) is 15.1. The summed E-state index contributed by atoms with van der Waals surface area (Å²) in [6, 6.07) is 15.7. The Morgan fingerprint density at radius 1 is 1.10 bits per heavy atom. The highest BCUT2D eigenvalue weighted by Crippen LogP contribution is 2.17. The first-order valence-corrected chi connectivity index (χ1v) is 7.90. The maximum Gasteiger partial charge on any atom is 0.234 e. The molecule has 0 spiro atoms. The van der Waals surface area contributed by atoms with Gasteiger partial charge < -0.3 is 10.1 Å². The largest absolute Gasteiger partial charge is 0.497 e. The number of ether oxygens (including phenoxy) is 1. The van der Waals surface area contributed by atoms with E-state index in [0.717, 1.165) is 17.2 Å². The van der Waals surface area contributed by atoms with Gasteiger partial charge >= 0.3 is 0 Å². The molecule has 21 heavy (non-hydrogen) atoms. The third-order valence-electron chi connectivity index (χ3n) is 3.00. The number of rotatable bonds is 6. The first kappa shape index (κ1) is 15.4. The van der Waals surface area contributed by atoms with Crippen LogP contribution in [-0.4, -0.2) is 18.8 Å². The predicted molar refractivity (Wildman–Crippen MR) is 89.0 cm³/mol. The summed E-state index contributed by atoms with van der Waals surface area (Å²) in [5, 5.41) is 2.89. The smallest absolute Gasteiger partial charge is 0.234 e. The van der Waals surface area contributed by atoms with Crippen LogP contribution in [0.1, 0.15) is 11.1 Å². The quantitative estimate of drug-likeness (QED) is 0.880. The van der Waals surface area contributed by atoms with Gasteiger partial charge in [-0.2, -0.15) is 0 Å². The molecule has 0 saturated heterocycles. The number of nitrogens with one attached hydrogen (secondary N) is 1. The molecule has 0 fully saturated rings. The minimum Gasteiger partial charge on any atom is -0.497 e. The molecular formula is C17H19NO2S. The Balaban J connectivity index is 1.74. The van der Waals surface area contributed by atoms with Crippen LogP contribution in [0.2, 0.25) is 0 Å². The van der Waals surface area contributed by atoms with Crippen LogP contribution in [0, 0.1) is 6.92 Å². The number of hydrogen-bond donors (Lipinski definition) is 1. The Morgan fingerprint density at radius 3 is 2.38 bits per heavy atom. The van der Waals surface area contributed by atoms with E-state index in [4.69, 9.17) is 4.74 Å². The standard InChI is InChI=1S/C17H19NO2S/c1-13-3-7-15(8-4-13)18-17(19)12-21-11-14-5-9-16(20-2)10-6-14/h3-10H,11-12H2,1-2H3,(H,18,19). The minimum atomic E-state index is 0.0253. The van der Waals surface area contributed by atoms with Crippen LogP contribution in [0.15, 0.2) is 48.5 Å². The molecule has 0 atom stereocenters. The maximum atomic E-state index is 11.8. The van der Waals surface area contributed by atoms with Crippen molar-refractivity contribution in [1.82, 2.24) is 0 Å². The third kappa shape index (κ3) is 5.16.